The number of thiazole rings is 1. The van der Waals surface area contributed by atoms with Gasteiger partial charge in [0, 0.05) is 5.56 Å². The first kappa shape index (κ1) is 22.6. The predicted molar refractivity (Wildman–Crippen MR) is 130 cm³/mol. The summed E-state index contributed by atoms with van der Waals surface area (Å²) in [6.07, 6.45) is 0.156. The Morgan fingerprint density at radius 3 is 2.69 bits per heavy atom. The van der Waals surface area contributed by atoms with Crippen molar-refractivity contribution in [2.24, 2.45) is 0 Å². The van der Waals surface area contributed by atoms with E-state index in [0.29, 0.717) is 34.8 Å². The molecule has 2 N–H and O–H groups in total. The summed E-state index contributed by atoms with van der Waals surface area (Å²) < 4.78 is 11.6. The van der Waals surface area contributed by atoms with Crippen LogP contribution in [0.15, 0.2) is 53.1 Å². The fourth-order valence-electron chi connectivity index (χ4n) is 3.67. The first-order valence-electron chi connectivity index (χ1n) is 11.0. The number of aryl methyl sites for hydroxylation is 1. The van der Waals surface area contributed by atoms with E-state index < -0.39 is 23.6 Å². The predicted octanol–water partition coefficient (Wildman–Crippen LogP) is 5.42. The van der Waals surface area contributed by atoms with Gasteiger partial charge in [0.05, 0.1) is 10.2 Å². The normalized spacial score (nSPS) is 14.6. The summed E-state index contributed by atoms with van der Waals surface area (Å²) in [7, 11) is 0. The summed E-state index contributed by atoms with van der Waals surface area (Å²) in [5, 5.41) is 16.8. The average molecular weight is 488 g/mol. The van der Waals surface area contributed by atoms with Gasteiger partial charge in [0.1, 0.15) is 27.9 Å². The van der Waals surface area contributed by atoms with Crippen LogP contribution in [0.25, 0.3) is 10.2 Å². The highest BCUT2D eigenvalue weighted by Gasteiger charge is 2.54. The molecule has 0 aliphatic heterocycles. The van der Waals surface area contributed by atoms with E-state index in [1.54, 1.807) is 13.8 Å². The van der Waals surface area contributed by atoms with Crippen molar-refractivity contribution >= 4 is 39.3 Å². The summed E-state index contributed by atoms with van der Waals surface area (Å²) in [6, 6.07) is 14.9. The topological polar surface area (TPSA) is 115 Å². The van der Waals surface area contributed by atoms with E-state index in [0.717, 1.165) is 15.8 Å². The number of carboxylic acid groups (broad SMARTS) is 1. The lowest BCUT2D eigenvalue weighted by molar-refractivity contribution is -0.140. The molecular weight excluding hydrogens is 466 g/mol. The molecule has 35 heavy (non-hydrogen) atoms. The molecule has 0 saturated heterocycles. The van der Waals surface area contributed by atoms with E-state index in [4.69, 9.17) is 9.26 Å². The van der Waals surface area contributed by atoms with Crippen molar-refractivity contribution < 1.29 is 24.0 Å². The van der Waals surface area contributed by atoms with Crippen molar-refractivity contribution in [3.8, 4) is 11.8 Å². The summed E-state index contributed by atoms with van der Waals surface area (Å²) in [6.45, 7) is 3.49. The van der Waals surface area contributed by atoms with E-state index in [2.05, 4.69) is 27.3 Å². The van der Waals surface area contributed by atoms with Crippen molar-refractivity contribution in [3.63, 3.8) is 0 Å². The maximum atomic E-state index is 12.5. The number of carbonyl (C=O) groups is 2. The second-order valence-electron chi connectivity index (χ2n) is 8.39. The first-order valence-corrected chi connectivity index (χ1v) is 11.8. The number of fused-ring (bicyclic) bond motifs is 1. The third-order valence-corrected chi connectivity index (χ3v) is 7.14. The summed E-state index contributed by atoms with van der Waals surface area (Å²) in [5.74, 6) is 5.32. The highest BCUT2D eigenvalue weighted by atomic mass is 32.1. The summed E-state index contributed by atoms with van der Waals surface area (Å²) in [5.41, 5.74) is 2.32. The van der Waals surface area contributed by atoms with Crippen LogP contribution >= 0.6 is 11.3 Å². The number of carbonyl (C=O) groups excluding carboxylic acids is 1. The molecule has 2 heterocycles. The van der Waals surface area contributed by atoms with Gasteiger partial charge in [0.2, 0.25) is 5.76 Å². The SMILES string of the molecule is Cc1noc(C#Cc2ccc3nc(C4(C(=O)O)CC4)sc3c2)c1NC(=O)OC(C)c1ccccc1. The van der Waals surface area contributed by atoms with Crippen molar-refractivity contribution in [1.29, 1.82) is 0 Å². The van der Waals surface area contributed by atoms with Crippen molar-refractivity contribution in [3.05, 3.63) is 76.1 Å². The molecule has 1 aliphatic carbocycles. The van der Waals surface area contributed by atoms with Crippen LogP contribution in [-0.4, -0.2) is 27.3 Å². The molecule has 0 radical (unpaired) electrons. The maximum absolute atomic E-state index is 12.5. The fraction of sp³-hybridized carbons (Fsp3) is 0.231. The van der Waals surface area contributed by atoms with E-state index >= 15 is 0 Å². The smallest absolute Gasteiger partial charge is 0.412 e. The molecule has 5 rings (SSSR count). The van der Waals surface area contributed by atoms with Gasteiger partial charge in [0.15, 0.2) is 0 Å². The Bertz CT molecular complexity index is 1490. The number of hydrogen-bond acceptors (Lipinski definition) is 7. The molecule has 1 unspecified atom stereocenters. The van der Waals surface area contributed by atoms with E-state index in [9.17, 15) is 14.7 Å². The molecular formula is C26H21N3O5S. The number of rotatable bonds is 5. The first-order chi connectivity index (χ1) is 16.9. The second kappa shape index (κ2) is 8.89. The van der Waals surface area contributed by atoms with Crippen LogP contribution in [0.1, 0.15) is 53.5 Å². The van der Waals surface area contributed by atoms with Crippen molar-refractivity contribution in [2.75, 3.05) is 5.32 Å². The summed E-state index contributed by atoms with van der Waals surface area (Å²) in [4.78, 5) is 28.6. The zero-order valence-electron chi connectivity index (χ0n) is 19.0. The number of aromatic nitrogens is 2. The Morgan fingerprint density at radius 1 is 1.20 bits per heavy atom. The number of anilines is 1. The summed E-state index contributed by atoms with van der Waals surface area (Å²) >= 11 is 1.38. The largest absolute Gasteiger partial charge is 0.481 e. The number of nitrogens with zero attached hydrogens (tertiary/aromatic N) is 2. The molecule has 1 amide bonds. The van der Waals surface area contributed by atoms with Crippen LogP contribution in [-0.2, 0) is 14.9 Å². The van der Waals surface area contributed by atoms with Crippen LogP contribution in [0.3, 0.4) is 0 Å². The van der Waals surface area contributed by atoms with Gasteiger partial charge in [-0.1, -0.05) is 41.4 Å². The second-order valence-corrected chi connectivity index (χ2v) is 9.42. The Labute approximate surface area is 204 Å². The van der Waals surface area contributed by atoms with Gasteiger partial charge in [-0.25, -0.2) is 9.78 Å². The minimum Gasteiger partial charge on any atom is -0.481 e. The Balaban J connectivity index is 1.33. The van der Waals surface area contributed by atoms with Gasteiger partial charge in [-0.2, -0.15) is 0 Å². The van der Waals surface area contributed by atoms with Crippen LogP contribution in [0.4, 0.5) is 10.5 Å². The molecule has 2 aromatic carbocycles. The lowest BCUT2D eigenvalue weighted by Gasteiger charge is -2.13. The average Bonchev–Trinajstić information content (AvgIpc) is 3.46. The standard InChI is InChI=1S/C26H21N3O5S/c1-15-22(28-25(32)33-16(2)18-6-4-3-5-7-18)20(34-29-15)11-9-17-8-10-19-21(14-17)35-23(27-19)26(12-13-26)24(30)31/h3-8,10,14,16H,12-13H2,1-2H3,(H,28,32)(H,30,31). The Morgan fingerprint density at radius 2 is 1.97 bits per heavy atom. The van der Waals surface area contributed by atoms with E-state index in [1.165, 1.54) is 11.3 Å². The van der Waals surface area contributed by atoms with Crippen molar-refractivity contribution in [1.82, 2.24) is 10.1 Å². The van der Waals surface area contributed by atoms with Crippen LogP contribution in [0.5, 0.6) is 0 Å². The molecule has 0 bridgehead atoms. The minimum absolute atomic E-state index is 0.208. The quantitative estimate of drug-likeness (QED) is 0.361. The molecule has 2 aromatic heterocycles. The van der Waals surface area contributed by atoms with E-state index in [-0.39, 0.29) is 5.76 Å². The monoisotopic (exact) mass is 487 g/mol. The lowest BCUT2D eigenvalue weighted by atomic mass is 10.1. The maximum Gasteiger partial charge on any atom is 0.412 e. The van der Waals surface area contributed by atoms with Gasteiger partial charge < -0.3 is 14.4 Å². The van der Waals surface area contributed by atoms with E-state index in [1.807, 2.05) is 48.5 Å². The van der Waals surface area contributed by atoms with Crippen LogP contribution < -0.4 is 5.32 Å². The Hall–Kier alpha value is -4.16. The molecule has 9 heteroatoms. The third kappa shape index (κ3) is 4.48. The van der Waals surface area contributed by atoms with Crippen molar-refractivity contribution in [2.45, 2.75) is 38.2 Å². The molecule has 0 spiro atoms. The number of aliphatic carboxylic acids is 1. The lowest BCUT2D eigenvalue weighted by Crippen LogP contribution is -2.18. The number of hydrogen-bond donors (Lipinski definition) is 2. The van der Waals surface area contributed by atoms with Gasteiger partial charge in [-0.3, -0.25) is 10.1 Å². The van der Waals surface area contributed by atoms with Crippen LogP contribution in [0.2, 0.25) is 0 Å². The van der Waals surface area contributed by atoms with Gasteiger partial charge in [0.25, 0.3) is 0 Å². The number of ether oxygens (including phenoxy) is 1. The minimum atomic E-state index is -0.833. The highest BCUT2D eigenvalue weighted by molar-refractivity contribution is 7.18. The number of benzene rings is 2. The molecule has 176 valence electrons. The number of nitrogens with one attached hydrogen (secondary N) is 1. The number of carboxylic acids is 1. The molecule has 1 fully saturated rings. The molecule has 1 aliphatic rings. The zero-order valence-corrected chi connectivity index (χ0v) is 19.8. The van der Waals surface area contributed by atoms with Gasteiger partial charge >= 0.3 is 12.1 Å². The van der Waals surface area contributed by atoms with Crippen LogP contribution in [0, 0.1) is 18.8 Å². The fourth-order valence-corrected chi connectivity index (χ4v) is 4.91. The number of amides is 1. The molecule has 1 atom stereocenters. The third-order valence-electron chi connectivity index (χ3n) is 5.92. The highest BCUT2D eigenvalue weighted by Crippen LogP contribution is 2.50. The van der Waals surface area contributed by atoms with Gasteiger partial charge in [-0.15, -0.1) is 11.3 Å². The Kier molecular flexibility index (Phi) is 5.75. The van der Waals surface area contributed by atoms with Gasteiger partial charge in [-0.05, 0) is 56.4 Å². The molecule has 8 nitrogen and oxygen atoms in total. The molecule has 4 aromatic rings. The molecule has 1 saturated carbocycles. The zero-order chi connectivity index (χ0) is 24.6.